The highest BCUT2D eigenvalue weighted by atomic mass is 35.5. The van der Waals surface area contributed by atoms with Crippen LogP contribution in [0.3, 0.4) is 0 Å². The Labute approximate surface area is 155 Å². The van der Waals surface area contributed by atoms with Gasteiger partial charge >= 0.3 is 0 Å². The van der Waals surface area contributed by atoms with E-state index in [1.54, 1.807) is 12.1 Å². The van der Waals surface area contributed by atoms with Crippen molar-refractivity contribution in [2.75, 3.05) is 0 Å². The number of hydrogen-bond donors (Lipinski definition) is 1. The third kappa shape index (κ3) is 6.09. The van der Waals surface area contributed by atoms with Gasteiger partial charge in [-0.2, -0.15) is 0 Å². The van der Waals surface area contributed by atoms with Crippen molar-refractivity contribution in [1.29, 1.82) is 0 Å². The molecule has 1 N–H and O–H groups in total. The van der Waals surface area contributed by atoms with Crippen LogP contribution in [0.1, 0.15) is 37.8 Å². The molecule has 2 atom stereocenters. The van der Waals surface area contributed by atoms with Crippen molar-refractivity contribution in [3.63, 3.8) is 0 Å². The predicted octanol–water partition coefficient (Wildman–Crippen LogP) is 4.94. The largest absolute Gasteiger partial charge is 0.481 e. The molecule has 25 heavy (non-hydrogen) atoms. The van der Waals surface area contributed by atoms with Crippen LogP contribution in [-0.2, 0) is 11.2 Å². The lowest BCUT2D eigenvalue weighted by Gasteiger charge is -2.21. The Balaban J connectivity index is 1.87. The fourth-order valence-corrected chi connectivity index (χ4v) is 2.73. The van der Waals surface area contributed by atoms with E-state index in [4.69, 9.17) is 16.3 Å². The maximum atomic E-state index is 12.5. The molecule has 0 heterocycles. The molecule has 2 rings (SSSR count). The molecule has 134 valence electrons. The molecule has 0 fully saturated rings. The Morgan fingerprint density at radius 1 is 1.20 bits per heavy atom. The number of rotatable bonds is 8. The van der Waals surface area contributed by atoms with Gasteiger partial charge in [-0.1, -0.05) is 48.9 Å². The average Bonchev–Trinajstić information content (AvgIpc) is 2.61. The van der Waals surface area contributed by atoms with E-state index in [1.807, 2.05) is 45.0 Å². The molecule has 2 aromatic carbocycles. The molecule has 0 saturated carbocycles. The van der Waals surface area contributed by atoms with E-state index >= 15 is 0 Å². The molecule has 0 aliphatic heterocycles. The van der Waals surface area contributed by atoms with E-state index in [2.05, 4.69) is 17.4 Å². The lowest BCUT2D eigenvalue weighted by molar-refractivity contribution is -0.128. The summed E-state index contributed by atoms with van der Waals surface area (Å²) in [6.45, 7) is 5.89. The van der Waals surface area contributed by atoms with Gasteiger partial charge in [0.15, 0.2) is 6.10 Å². The molecule has 3 nitrogen and oxygen atoms in total. The van der Waals surface area contributed by atoms with Gasteiger partial charge in [0.1, 0.15) is 5.75 Å². The number of hydrogen-bond acceptors (Lipinski definition) is 2. The summed E-state index contributed by atoms with van der Waals surface area (Å²) in [7, 11) is 0. The van der Waals surface area contributed by atoms with Crippen molar-refractivity contribution in [1.82, 2.24) is 5.32 Å². The zero-order chi connectivity index (χ0) is 18.2. The first-order valence-corrected chi connectivity index (χ1v) is 9.14. The van der Waals surface area contributed by atoms with Crippen molar-refractivity contribution in [2.24, 2.45) is 0 Å². The SMILES string of the molecule is CC[C@H](Oc1ccc(Cl)c(C)c1)C(=O)N[C@H](C)CCc1ccccc1. The van der Waals surface area contributed by atoms with E-state index in [-0.39, 0.29) is 11.9 Å². The van der Waals surface area contributed by atoms with Crippen molar-refractivity contribution >= 4 is 17.5 Å². The number of aryl methyl sites for hydroxylation is 2. The average molecular weight is 360 g/mol. The molecule has 0 aliphatic carbocycles. The first-order chi connectivity index (χ1) is 12.0. The van der Waals surface area contributed by atoms with Gasteiger partial charge in [-0.05, 0) is 62.4 Å². The fourth-order valence-electron chi connectivity index (χ4n) is 2.61. The van der Waals surface area contributed by atoms with Crippen LogP contribution in [0, 0.1) is 6.92 Å². The topological polar surface area (TPSA) is 38.3 Å². The molecule has 4 heteroatoms. The molecule has 0 spiro atoms. The highest BCUT2D eigenvalue weighted by Gasteiger charge is 2.20. The lowest BCUT2D eigenvalue weighted by atomic mass is 10.1. The number of halogens is 1. The highest BCUT2D eigenvalue weighted by molar-refractivity contribution is 6.31. The van der Waals surface area contributed by atoms with Gasteiger partial charge in [0, 0.05) is 11.1 Å². The zero-order valence-corrected chi connectivity index (χ0v) is 15.8. The van der Waals surface area contributed by atoms with E-state index < -0.39 is 6.10 Å². The maximum Gasteiger partial charge on any atom is 0.261 e. The summed E-state index contributed by atoms with van der Waals surface area (Å²) < 4.78 is 5.85. The summed E-state index contributed by atoms with van der Waals surface area (Å²) in [4.78, 5) is 12.5. The first kappa shape index (κ1) is 19.3. The summed E-state index contributed by atoms with van der Waals surface area (Å²) in [5.74, 6) is 0.594. The number of carbonyl (C=O) groups excluding carboxylic acids is 1. The van der Waals surface area contributed by atoms with Gasteiger partial charge in [-0.25, -0.2) is 0 Å². The second-order valence-electron chi connectivity index (χ2n) is 6.36. The van der Waals surface area contributed by atoms with Crippen LogP contribution >= 0.6 is 11.6 Å². The lowest BCUT2D eigenvalue weighted by Crippen LogP contribution is -2.42. The van der Waals surface area contributed by atoms with Gasteiger partial charge in [-0.3, -0.25) is 4.79 Å². The van der Waals surface area contributed by atoms with Gasteiger partial charge < -0.3 is 10.1 Å². The number of nitrogens with one attached hydrogen (secondary N) is 1. The molecule has 0 unspecified atom stereocenters. The predicted molar refractivity (Wildman–Crippen MR) is 103 cm³/mol. The van der Waals surface area contributed by atoms with Crippen LogP contribution in [-0.4, -0.2) is 18.1 Å². The Morgan fingerprint density at radius 3 is 2.56 bits per heavy atom. The normalized spacial score (nSPS) is 13.1. The van der Waals surface area contributed by atoms with Crippen LogP contribution in [0.15, 0.2) is 48.5 Å². The smallest absolute Gasteiger partial charge is 0.261 e. The van der Waals surface area contributed by atoms with Crippen molar-refractivity contribution < 1.29 is 9.53 Å². The molecular weight excluding hydrogens is 334 g/mol. The highest BCUT2D eigenvalue weighted by Crippen LogP contribution is 2.22. The maximum absolute atomic E-state index is 12.5. The van der Waals surface area contributed by atoms with Crippen molar-refractivity contribution in [2.45, 2.75) is 52.2 Å². The van der Waals surface area contributed by atoms with Crippen LogP contribution in [0.2, 0.25) is 5.02 Å². The molecule has 0 saturated heterocycles. The zero-order valence-electron chi connectivity index (χ0n) is 15.1. The second-order valence-corrected chi connectivity index (χ2v) is 6.77. The first-order valence-electron chi connectivity index (χ1n) is 8.76. The Hall–Kier alpha value is -2.00. The third-order valence-corrected chi connectivity index (χ3v) is 4.59. The molecule has 0 aromatic heterocycles. The second kappa shape index (κ2) is 9.47. The molecule has 0 aliphatic rings. The van der Waals surface area contributed by atoms with Crippen molar-refractivity contribution in [3.8, 4) is 5.75 Å². The van der Waals surface area contributed by atoms with Gasteiger partial charge in [0.2, 0.25) is 0 Å². The number of benzene rings is 2. The fraction of sp³-hybridized carbons (Fsp3) is 0.381. The summed E-state index contributed by atoms with van der Waals surface area (Å²) in [6, 6.07) is 15.8. The van der Waals surface area contributed by atoms with Crippen LogP contribution in [0.25, 0.3) is 0 Å². The standard InChI is InChI=1S/C21H26ClNO2/c1-4-20(25-18-12-13-19(22)15(2)14-18)21(24)23-16(3)10-11-17-8-6-5-7-9-17/h5-9,12-14,16,20H,4,10-11H2,1-3H3,(H,23,24)/t16-,20+/m1/s1. The van der Waals surface area contributed by atoms with Gasteiger partial charge in [0.25, 0.3) is 5.91 Å². The molecule has 0 radical (unpaired) electrons. The number of carbonyl (C=O) groups is 1. The minimum Gasteiger partial charge on any atom is -0.481 e. The van der Waals surface area contributed by atoms with Gasteiger partial charge in [0.05, 0.1) is 0 Å². The molecule has 0 bridgehead atoms. The van der Waals surface area contributed by atoms with Crippen molar-refractivity contribution in [3.05, 3.63) is 64.7 Å². The Bertz CT molecular complexity index is 688. The van der Waals surface area contributed by atoms with Crippen LogP contribution in [0.5, 0.6) is 5.75 Å². The van der Waals surface area contributed by atoms with E-state index in [1.165, 1.54) is 5.56 Å². The van der Waals surface area contributed by atoms with E-state index in [9.17, 15) is 4.79 Å². The van der Waals surface area contributed by atoms with E-state index in [0.717, 1.165) is 18.4 Å². The molecular formula is C21H26ClNO2. The summed E-state index contributed by atoms with van der Waals surface area (Å²) in [5, 5.41) is 3.75. The Kier molecular flexibility index (Phi) is 7.32. The monoisotopic (exact) mass is 359 g/mol. The van der Waals surface area contributed by atoms with Crippen LogP contribution in [0.4, 0.5) is 0 Å². The van der Waals surface area contributed by atoms with Gasteiger partial charge in [-0.15, -0.1) is 0 Å². The van der Waals surface area contributed by atoms with Crippen LogP contribution < -0.4 is 10.1 Å². The summed E-state index contributed by atoms with van der Waals surface area (Å²) in [5.41, 5.74) is 2.22. The van der Waals surface area contributed by atoms with E-state index in [0.29, 0.717) is 17.2 Å². The Morgan fingerprint density at radius 2 is 1.92 bits per heavy atom. The third-order valence-electron chi connectivity index (χ3n) is 4.17. The number of ether oxygens (including phenoxy) is 1. The molecule has 2 aromatic rings. The minimum absolute atomic E-state index is 0.0735. The summed E-state index contributed by atoms with van der Waals surface area (Å²) in [6.07, 6.45) is 1.95. The quantitative estimate of drug-likeness (QED) is 0.724. The molecule has 1 amide bonds. The summed E-state index contributed by atoms with van der Waals surface area (Å²) >= 11 is 6.03. The number of amides is 1. The minimum atomic E-state index is -0.500.